The lowest BCUT2D eigenvalue weighted by atomic mass is 9.90. The van der Waals surface area contributed by atoms with Gasteiger partial charge in [-0.25, -0.2) is 19.0 Å². The van der Waals surface area contributed by atoms with Crippen LogP contribution in [-0.2, 0) is 17.8 Å². The molecule has 1 aliphatic heterocycles. The number of piperidine rings is 1. The predicted octanol–water partition coefficient (Wildman–Crippen LogP) is 3.50. The Bertz CT molecular complexity index is 833. The molecule has 1 fully saturated rings. The molecule has 0 atom stereocenters. The molecule has 1 saturated heterocycles. The lowest BCUT2D eigenvalue weighted by Crippen LogP contribution is -2.44. The minimum Gasteiger partial charge on any atom is -0.445 e. The van der Waals surface area contributed by atoms with Crippen molar-refractivity contribution >= 4 is 17.8 Å². The summed E-state index contributed by atoms with van der Waals surface area (Å²) in [6.45, 7) is 1.31. The number of amides is 3. The lowest BCUT2D eigenvalue weighted by Gasteiger charge is -2.33. The van der Waals surface area contributed by atoms with Crippen molar-refractivity contribution in [2.45, 2.75) is 25.9 Å². The first kappa shape index (κ1) is 20.6. The van der Waals surface area contributed by atoms with E-state index in [1.165, 1.54) is 18.7 Å². The van der Waals surface area contributed by atoms with Crippen LogP contribution in [-0.4, -0.2) is 54.1 Å². The molecule has 0 spiro atoms. The van der Waals surface area contributed by atoms with Crippen LogP contribution in [0, 0.1) is 11.7 Å². The van der Waals surface area contributed by atoms with Crippen molar-refractivity contribution in [2.24, 2.45) is 5.92 Å². The molecular formula is C20H25FN4O4. The van der Waals surface area contributed by atoms with Crippen molar-refractivity contribution in [3.05, 3.63) is 47.9 Å². The van der Waals surface area contributed by atoms with Gasteiger partial charge in [0, 0.05) is 32.9 Å². The average Bonchev–Trinajstić information content (AvgIpc) is 3.22. The molecule has 0 unspecified atom stereocenters. The number of nitrogens with zero attached hydrogens (tertiary/aromatic N) is 3. The van der Waals surface area contributed by atoms with E-state index in [-0.39, 0.29) is 18.5 Å². The van der Waals surface area contributed by atoms with Gasteiger partial charge in [-0.05, 0) is 42.9 Å². The Hall–Kier alpha value is -3.10. The van der Waals surface area contributed by atoms with Gasteiger partial charge in [0.15, 0.2) is 18.8 Å². The number of benzene rings is 1. The molecule has 9 heteroatoms. The molecule has 1 aliphatic rings. The number of anilines is 1. The average molecular weight is 404 g/mol. The largest absolute Gasteiger partial charge is 0.445 e. The molecule has 1 N–H and O–H groups in total. The maximum atomic E-state index is 14.5. The second-order valence-electron chi connectivity index (χ2n) is 7.29. The zero-order valence-electron chi connectivity index (χ0n) is 16.6. The highest BCUT2D eigenvalue weighted by molar-refractivity contribution is 5.84. The van der Waals surface area contributed by atoms with E-state index in [0.29, 0.717) is 42.4 Å². The topological polar surface area (TPSA) is 87.9 Å². The van der Waals surface area contributed by atoms with Gasteiger partial charge < -0.3 is 19.0 Å². The SMILES string of the molecule is CN(C)C(=O)N1CCC(Cc2ccc(NC(=O)OCc3cnco3)cc2F)CC1. The first-order valence-corrected chi connectivity index (χ1v) is 9.48. The number of ether oxygens (including phenoxy) is 1. The number of urea groups is 1. The summed E-state index contributed by atoms with van der Waals surface area (Å²) in [5, 5.41) is 2.49. The van der Waals surface area contributed by atoms with Crippen molar-refractivity contribution < 1.29 is 23.1 Å². The second kappa shape index (κ2) is 9.40. The fourth-order valence-electron chi connectivity index (χ4n) is 3.32. The van der Waals surface area contributed by atoms with E-state index in [4.69, 9.17) is 9.15 Å². The molecule has 2 aromatic rings. The summed E-state index contributed by atoms with van der Waals surface area (Å²) in [6.07, 6.45) is 4.27. The molecule has 1 aromatic heterocycles. The van der Waals surface area contributed by atoms with Crippen LogP contribution in [0.2, 0.25) is 0 Å². The van der Waals surface area contributed by atoms with Crippen molar-refractivity contribution in [1.82, 2.24) is 14.8 Å². The molecule has 1 aromatic carbocycles. The summed E-state index contributed by atoms with van der Waals surface area (Å²) < 4.78 is 24.4. The third-order valence-corrected chi connectivity index (χ3v) is 4.90. The minimum absolute atomic E-state index is 0.0141. The summed E-state index contributed by atoms with van der Waals surface area (Å²) in [4.78, 5) is 30.9. The summed E-state index contributed by atoms with van der Waals surface area (Å²) in [5.41, 5.74) is 0.920. The van der Waals surface area contributed by atoms with Gasteiger partial charge in [0.2, 0.25) is 0 Å². The number of aromatic nitrogens is 1. The van der Waals surface area contributed by atoms with Crippen molar-refractivity contribution in [1.29, 1.82) is 0 Å². The molecule has 29 heavy (non-hydrogen) atoms. The highest BCUT2D eigenvalue weighted by Gasteiger charge is 2.24. The van der Waals surface area contributed by atoms with Crippen LogP contribution in [0.4, 0.5) is 19.7 Å². The number of hydrogen-bond donors (Lipinski definition) is 1. The van der Waals surface area contributed by atoms with E-state index in [1.807, 2.05) is 4.90 Å². The van der Waals surface area contributed by atoms with Crippen LogP contribution in [0.25, 0.3) is 0 Å². The Kier molecular flexibility index (Phi) is 6.69. The van der Waals surface area contributed by atoms with E-state index in [1.54, 1.807) is 31.1 Å². The van der Waals surface area contributed by atoms with Gasteiger partial charge in [-0.3, -0.25) is 5.32 Å². The Labute approximate surface area is 168 Å². The molecule has 156 valence electrons. The summed E-state index contributed by atoms with van der Waals surface area (Å²) in [7, 11) is 3.48. The van der Waals surface area contributed by atoms with Crippen molar-refractivity contribution in [3.8, 4) is 0 Å². The Morgan fingerprint density at radius 2 is 2.10 bits per heavy atom. The fourth-order valence-corrected chi connectivity index (χ4v) is 3.32. The zero-order chi connectivity index (χ0) is 20.8. The van der Waals surface area contributed by atoms with E-state index >= 15 is 0 Å². The van der Waals surface area contributed by atoms with Gasteiger partial charge in [-0.1, -0.05) is 6.07 Å². The standard InChI is InChI=1S/C20H25FN4O4/c1-24(2)20(27)25-7-5-14(6-8-25)9-15-3-4-16(10-18(15)21)23-19(26)28-12-17-11-22-13-29-17/h3-4,10-11,13-14H,5-9,12H2,1-2H3,(H,23,26). The van der Waals surface area contributed by atoms with Crippen molar-refractivity contribution in [3.63, 3.8) is 0 Å². The van der Waals surface area contributed by atoms with Gasteiger partial charge >= 0.3 is 12.1 Å². The number of hydrogen-bond acceptors (Lipinski definition) is 5. The van der Waals surface area contributed by atoms with E-state index in [2.05, 4.69) is 10.3 Å². The smallest absolute Gasteiger partial charge is 0.412 e. The van der Waals surface area contributed by atoms with Crippen molar-refractivity contribution in [2.75, 3.05) is 32.5 Å². The van der Waals surface area contributed by atoms with Gasteiger partial charge in [-0.15, -0.1) is 0 Å². The number of nitrogens with one attached hydrogen (secondary N) is 1. The first-order valence-electron chi connectivity index (χ1n) is 9.48. The predicted molar refractivity (Wildman–Crippen MR) is 104 cm³/mol. The second-order valence-corrected chi connectivity index (χ2v) is 7.29. The minimum atomic E-state index is -0.702. The zero-order valence-corrected chi connectivity index (χ0v) is 16.6. The van der Waals surface area contributed by atoms with Crippen LogP contribution in [0.1, 0.15) is 24.2 Å². The van der Waals surface area contributed by atoms with Crippen LogP contribution in [0.5, 0.6) is 0 Å². The molecular weight excluding hydrogens is 379 g/mol. The van der Waals surface area contributed by atoms with Gasteiger partial charge in [0.05, 0.1) is 6.20 Å². The van der Waals surface area contributed by atoms with Gasteiger partial charge in [0.1, 0.15) is 5.82 Å². The molecule has 3 rings (SSSR count). The fraction of sp³-hybridized carbons (Fsp3) is 0.450. The van der Waals surface area contributed by atoms with Gasteiger partial charge in [0.25, 0.3) is 0 Å². The number of carbonyl (C=O) groups is 2. The monoisotopic (exact) mass is 404 g/mol. The maximum absolute atomic E-state index is 14.5. The first-order chi connectivity index (χ1) is 13.9. The summed E-state index contributed by atoms with van der Waals surface area (Å²) in [6, 6.07) is 4.63. The highest BCUT2D eigenvalue weighted by atomic mass is 19.1. The molecule has 0 bridgehead atoms. The molecule has 0 saturated carbocycles. The van der Waals surface area contributed by atoms with E-state index in [0.717, 1.165) is 12.8 Å². The molecule has 3 amide bonds. The lowest BCUT2D eigenvalue weighted by molar-refractivity contribution is 0.145. The molecule has 2 heterocycles. The Balaban J connectivity index is 1.48. The highest BCUT2D eigenvalue weighted by Crippen LogP contribution is 2.25. The molecule has 0 aliphatic carbocycles. The maximum Gasteiger partial charge on any atom is 0.412 e. The number of rotatable bonds is 5. The van der Waals surface area contributed by atoms with Crippen LogP contribution in [0.15, 0.2) is 35.2 Å². The third kappa shape index (κ3) is 5.69. The molecule has 8 nitrogen and oxygen atoms in total. The Morgan fingerprint density at radius 3 is 2.72 bits per heavy atom. The molecule has 0 radical (unpaired) electrons. The van der Waals surface area contributed by atoms with Crippen LogP contribution in [0.3, 0.4) is 0 Å². The van der Waals surface area contributed by atoms with Crippen LogP contribution < -0.4 is 5.32 Å². The number of oxazole rings is 1. The van der Waals surface area contributed by atoms with Crippen LogP contribution >= 0.6 is 0 Å². The van der Waals surface area contributed by atoms with E-state index < -0.39 is 6.09 Å². The Morgan fingerprint density at radius 1 is 1.34 bits per heavy atom. The number of likely N-dealkylation sites (tertiary alicyclic amines) is 1. The quantitative estimate of drug-likeness (QED) is 0.824. The van der Waals surface area contributed by atoms with E-state index in [9.17, 15) is 14.0 Å². The normalized spacial score (nSPS) is 14.5. The number of halogens is 1. The third-order valence-electron chi connectivity index (χ3n) is 4.90. The summed E-state index contributed by atoms with van der Waals surface area (Å²) in [5.74, 6) is 0.367. The number of carbonyl (C=O) groups excluding carboxylic acids is 2. The summed E-state index contributed by atoms with van der Waals surface area (Å²) >= 11 is 0. The van der Waals surface area contributed by atoms with Gasteiger partial charge in [-0.2, -0.15) is 0 Å².